The van der Waals surface area contributed by atoms with Crippen molar-refractivity contribution in [3.8, 4) is 0 Å². The number of fused-ring (bicyclic) bond motifs is 1. The van der Waals surface area contributed by atoms with Crippen molar-refractivity contribution in [2.75, 3.05) is 24.5 Å². The highest BCUT2D eigenvalue weighted by molar-refractivity contribution is 5.97. The Balaban J connectivity index is 1.94. The number of hydrogen-bond acceptors (Lipinski definition) is 4. The minimum absolute atomic E-state index is 0.401. The van der Waals surface area contributed by atoms with Gasteiger partial charge in [-0.1, -0.05) is 0 Å². The molecule has 2 aliphatic heterocycles. The third kappa shape index (κ3) is 1.66. The van der Waals surface area contributed by atoms with Crippen LogP contribution in [0, 0.1) is 11.8 Å². The van der Waals surface area contributed by atoms with E-state index in [0.29, 0.717) is 23.4 Å². The first-order valence-corrected chi connectivity index (χ1v) is 6.40. The Morgan fingerprint density at radius 2 is 2.39 bits per heavy atom. The monoisotopic (exact) mass is 246 g/mol. The largest absolute Gasteiger partial charge is 0.365 e. The molecule has 3 heterocycles. The SMILES string of the molecule is CC1C2CNCC2CN1c1ncccc1C(N)=O. The average Bonchev–Trinajstić information content (AvgIpc) is 2.93. The van der Waals surface area contributed by atoms with E-state index in [4.69, 9.17) is 5.73 Å². The van der Waals surface area contributed by atoms with E-state index in [-0.39, 0.29) is 0 Å². The topological polar surface area (TPSA) is 71.2 Å². The van der Waals surface area contributed by atoms with Gasteiger partial charge in [0.05, 0.1) is 5.56 Å². The van der Waals surface area contributed by atoms with Crippen molar-refractivity contribution in [2.45, 2.75) is 13.0 Å². The number of pyridine rings is 1. The number of nitrogens with two attached hydrogens (primary N) is 1. The zero-order chi connectivity index (χ0) is 12.7. The van der Waals surface area contributed by atoms with Gasteiger partial charge < -0.3 is 16.0 Å². The highest BCUT2D eigenvalue weighted by atomic mass is 16.1. The molecular formula is C13H18N4O. The Morgan fingerprint density at radius 1 is 1.56 bits per heavy atom. The molecule has 2 saturated heterocycles. The van der Waals surface area contributed by atoms with E-state index < -0.39 is 5.91 Å². The third-order valence-corrected chi connectivity index (χ3v) is 4.26. The number of carbonyl (C=O) groups excluding carboxylic acids is 1. The number of amides is 1. The lowest BCUT2D eigenvalue weighted by Crippen LogP contribution is -2.35. The number of rotatable bonds is 2. The second-order valence-corrected chi connectivity index (χ2v) is 5.21. The van der Waals surface area contributed by atoms with E-state index in [0.717, 1.165) is 25.5 Å². The quantitative estimate of drug-likeness (QED) is 0.783. The average molecular weight is 246 g/mol. The molecule has 5 nitrogen and oxygen atoms in total. The molecule has 0 bridgehead atoms. The molecule has 5 heteroatoms. The van der Waals surface area contributed by atoms with Gasteiger partial charge >= 0.3 is 0 Å². The highest BCUT2D eigenvalue weighted by Crippen LogP contribution is 2.35. The number of aromatic nitrogens is 1. The summed E-state index contributed by atoms with van der Waals surface area (Å²) in [5, 5.41) is 3.43. The van der Waals surface area contributed by atoms with Gasteiger partial charge in [-0.3, -0.25) is 4.79 Å². The van der Waals surface area contributed by atoms with Crippen LogP contribution in [0.5, 0.6) is 0 Å². The van der Waals surface area contributed by atoms with E-state index >= 15 is 0 Å². The van der Waals surface area contributed by atoms with Crippen molar-refractivity contribution in [3.05, 3.63) is 23.9 Å². The lowest BCUT2D eigenvalue weighted by molar-refractivity contribution is 0.100. The van der Waals surface area contributed by atoms with E-state index in [1.807, 2.05) is 0 Å². The van der Waals surface area contributed by atoms with Crippen LogP contribution in [-0.4, -0.2) is 36.6 Å². The second kappa shape index (κ2) is 4.24. The van der Waals surface area contributed by atoms with Crippen LogP contribution in [0.3, 0.4) is 0 Å². The van der Waals surface area contributed by atoms with Gasteiger partial charge in [0.1, 0.15) is 5.82 Å². The van der Waals surface area contributed by atoms with Gasteiger partial charge in [0.25, 0.3) is 5.91 Å². The normalized spacial score (nSPS) is 30.5. The molecule has 0 radical (unpaired) electrons. The van der Waals surface area contributed by atoms with Crippen molar-refractivity contribution >= 4 is 11.7 Å². The summed E-state index contributed by atoms with van der Waals surface area (Å²) in [5.74, 6) is 1.64. The Morgan fingerprint density at radius 3 is 3.11 bits per heavy atom. The van der Waals surface area contributed by atoms with Gasteiger partial charge in [-0.15, -0.1) is 0 Å². The van der Waals surface area contributed by atoms with Crippen LogP contribution in [0.25, 0.3) is 0 Å². The zero-order valence-electron chi connectivity index (χ0n) is 10.5. The Hall–Kier alpha value is -1.62. The Labute approximate surface area is 106 Å². The van der Waals surface area contributed by atoms with Gasteiger partial charge in [-0.2, -0.15) is 0 Å². The first-order valence-electron chi connectivity index (χ1n) is 6.40. The molecule has 3 unspecified atom stereocenters. The van der Waals surface area contributed by atoms with Crippen LogP contribution in [0.2, 0.25) is 0 Å². The predicted molar refractivity (Wildman–Crippen MR) is 69.4 cm³/mol. The van der Waals surface area contributed by atoms with Crippen LogP contribution in [0.4, 0.5) is 5.82 Å². The van der Waals surface area contributed by atoms with Crippen LogP contribution < -0.4 is 16.0 Å². The molecule has 96 valence electrons. The number of nitrogens with one attached hydrogen (secondary N) is 1. The van der Waals surface area contributed by atoms with E-state index in [9.17, 15) is 4.79 Å². The second-order valence-electron chi connectivity index (χ2n) is 5.21. The minimum atomic E-state index is -0.402. The van der Waals surface area contributed by atoms with Crippen molar-refractivity contribution < 1.29 is 4.79 Å². The fourth-order valence-electron chi connectivity index (χ4n) is 3.27. The molecule has 3 N–H and O–H groups in total. The zero-order valence-corrected chi connectivity index (χ0v) is 10.5. The molecule has 0 spiro atoms. The molecule has 3 rings (SSSR count). The van der Waals surface area contributed by atoms with Crippen LogP contribution in [0.15, 0.2) is 18.3 Å². The molecule has 3 atom stereocenters. The van der Waals surface area contributed by atoms with Crippen molar-refractivity contribution in [2.24, 2.45) is 17.6 Å². The van der Waals surface area contributed by atoms with Crippen LogP contribution in [-0.2, 0) is 0 Å². The molecule has 2 aliphatic rings. The Kier molecular flexibility index (Phi) is 2.70. The van der Waals surface area contributed by atoms with Gasteiger partial charge in [0, 0.05) is 31.9 Å². The first-order chi connectivity index (χ1) is 8.68. The van der Waals surface area contributed by atoms with Crippen molar-refractivity contribution in [1.29, 1.82) is 0 Å². The summed E-state index contributed by atoms with van der Waals surface area (Å²) in [4.78, 5) is 18.1. The molecule has 1 aromatic heterocycles. The molecule has 0 saturated carbocycles. The first kappa shape index (κ1) is 11.5. The maximum absolute atomic E-state index is 11.5. The summed E-state index contributed by atoms with van der Waals surface area (Å²) in [6.45, 7) is 5.28. The molecule has 1 amide bonds. The van der Waals surface area contributed by atoms with E-state index in [2.05, 4.69) is 22.1 Å². The molecular weight excluding hydrogens is 228 g/mol. The maximum atomic E-state index is 11.5. The third-order valence-electron chi connectivity index (χ3n) is 4.26. The van der Waals surface area contributed by atoms with Gasteiger partial charge in [-0.25, -0.2) is 4.98 Å². The molecule has 0 aromatic carbocycles. The number of primary amides is 1. The molecule has 1 aromatic rings. The molecule has 0 aliphatic carbocycles. The number of anilines is 1. The van der Waals surface area contributed by atoms with Gasteiger partial charge in [0.15, 0.2) is 0 Å². The summed E-state index contributed by atoms with van der Waals surface area (Å²) in [7, 11) is 0. The van der Waals surface area contributed by atoms with E-state index in [1.165, 1.54) is 0 Å². The predicted octanol–water partition coefficient (Wildman–Crippen LogP) is 0.225. The standard InChI is InChI=1S/C13H18N4O/c1-8-11-6-15-5-9(11)7-17(8)13-10(12(14)18)3-2-4-16-13/h2-4,8-9,11,15H,5-7H2,1H3,(H2,14,18). The highest BCUT2D eigenvalue weighted by Gasteiger charge is 2.42. The van der Waals surface area contributed by atoms with E-state index in [1.54, 1.807) is 18.3 Å². The number of carbonyl (C=O) groups is 1. The fraction of sp³-hybridized carbons (Fsp3) is 0.538. The maximum Gasteiger partial charge on any atom is 0.252 e. The Bertz CT molecular complexity index is 476. The van der Waals surface area contributed by atoms with Crippen LogP contribution in [0.1, 0.15) is 17.3 Å². The van der Waals surface area contributed by atoms with Crippen molar-refractivity contribution in [3.63, 3.8) is 0 Å². The minimum Gasteiger partial charge on any atom is -0.365 e. The summed E-state index contributed by atoms with van der Waals surface area (Å²) >= 11 is 0. The fourth-order valence-corrected chi connectivity index (χ4v) is 3.27. The molecule has 2 fully saturated rings. The summed E-state index contributed by atoms with van der Waals surface area (Å²) in [6, 6.07) is 3.91. The van der Waals surface area contributed by atoms with Crippen molar-refractivity contribution in [1.82, 2.24) is 10.3 Å². The molecule has 18 heavy (non-hydrogen) atoms. The lowest BCUT2D eigenvalue weighted by atomic mass is 9.95. The number of nitrogens with zero attached hydrogens (tertiary/aromatic N) is 2. The number of hydrogen-bond donors (Lipinski definition) is 2. The smallest absolute Gasteiger partial charge is 0.252 e. The van der Waals surface area contributed by atoms with Gasteiger partial charge in [0.2, 0.25) is 0 Å². The van der Waals surface area contributed by atoms with Crippen LogP contribution >= 0.6 is 0 Å². The summed E-state index contributed by atoms with van der Waals surface area (Å²) in [6.07, 6.45) is 1.72. The van der Waals surface area contributed by atoms with Gasteiger partial charge in [-0.05, 0) is 30.9 Å². The summed E-state index contributed by atoms with van der Waals surface area (Å²) < 4.78 is 0. The lowest BCUT2D eigenvalue weighted by Gasteiger charge is -2.26. The summed E-state index contributed by atoms with van der Waals surface area (Å²) in [5.41, 5.74) is 5.95.